The summed E-state index contributed by atoms with van der Waals surface area (Å²) >= 11 is 0. The van der Waals surface area contributed by atoms with Gasteiger partial charge in [-0.05, 0) is 23.8 Å². The van der Waals surface area contributed by atoms with Crippen molar-refractivity contribution in [2.24, 2.45) is 5.73 Å². The first kappa shape index (κ1) is 10.5. The van der Waals surface area contributed by atoms with E-state index >= 15 is 0 Å². The molecule has 5 nitrogen and oxygen atoms in total. The molecular weight excluding hydrogens is 206 g/mol. The largest absolute Gasteiger partial charge is 0.399 e. The van der Waals surface area contributed by atoms with Gasteiger partial charge in [-0.25, -0.2) is 0 Å². The predicted octanol–water partition coefficient (Wildman–Crippen LogP) is 0.0333. The number of primary amides is 1. The van der Waals surface area contributed by atoms with Gasteiger partial charge in [-0.2, -0.15) is 0 Å². The number of nitrogens with two attached hydrogens (primary N) is 2. The Bertz CT molecular complexity index is 457. The molecule has 0 aromatic heterocycles. The summed E-state index contributed by atoms with van der Waals surface area (Å²) in [5, 5.41) is 0. The van der Waals surface area contributed by atoms with Crippen LogP contribution in [0.2, 0.25) is 0 Å². The lowest BCUT2D eigenvalue weighted by Gasteiger charge is -2.16. The van der Waals surface area contributed by atoms with E-state index in [4.69, 9.17) is 11.5 Å². The molecule has 1 heterocycles. The lowest BCUT2D eigenvalue weighted by molar-refractivity contribution is -0.118. The highest BCUT2D eigenvalue weighted by Crippen LogP contribution is 2.30. The zero-order valence-corrected chi connectivity index (χ0v) is 8.77. The third-order valence-corrected chi connectivity index (χ3v) is 2.62. The molecule has 1 aromatic carbocycles. The monoisotopic (exact) mass is 219 g/mol. The van der Waals surface area contributed by atoms with E-state index in [2.05, 4.69) is 0 Å². The quantitative estimate of drug-likeness (QED) is 0.703. The molecule has 0 aliphatic carbocycles. The second-order valence-corrected chi connectivity index (χ2v) is 3.83. The van der Waals surface area contributed by atoms with E-state index < -0.39 is 5.91 Å². The van der Waals surface area contributed by atoms with Crippen molar-refractivity contribution in [2.45, 2.75) is 12.8 Å². The number of rotatable bonds is 3. The van der Waals surface area contributed by atoms with Crippen molar-refractivity contribution in [3.8, 4) is 0 Å². The third kappa shape index (κ3) is 1.84. The number of benzene rings is 1. The van der Waals surface area contributed by atoms with Gasteiger partial charge in [-0.1, -0.05) is 0 Å². The van der Waals surface area contributed by atoms with Crippen LogP contribution in [0.15, 0.2) is 18.2 Å². The fourth-order valence-corrected chi connectivity index (χ4v) is 1.87. The van der Waals surface area contributed by atoms with Crippen molar-refractivity contribution in [1.29, 1.82) is 0 Å². The predicted molar refractivity (Wildman–Crippen MR) is 60.7 cm³/mol. The Morgan fingerprint density at radius 1 is 1.44 bits per heavy atom. The van der Waals surface area contributed by atoms with E-state index in [-0.39, 0.29) is 12.3 Å². The second kappa shape index (κ2) is 3.84. The lowest BCUT2D eigenvalue weighted by Crippen LogP contribution is -2.30. The van der Waals surface area contributed by atoms with Crippen LogP contribution in [0.25, 0.3) is 0 Å². The Kier molecular flexibility index (Phi) is 2.52. The summed E-state index contributed by atoms with van der Waals surface area (Å²) in [7, 11) is 0. The Balaban J connectivity index is 2.22. The van der Waals surface area contributed by atoms with Crippen LogP contribution >= 0.6 is 0 Å². The molecule has 0 radical (unpaired) electrons. The van der Waals surface area contributed by atoms with Crippen LogP contribution in [0.3, 0.4) is 0 Å². The summed E-state index contributed by atoms with van der Waals surface area (Å²) < 4.78 is 0. The molecule has 5 heteroatoms. The summed E-state index contributed by atoms with van der Waals surface area (Å²) in [6.07, 6.45) is 0.523. The fraction of sp³-hybridized carbons (Fsp3) is 0.273. The summed E-state index contributed by atoms with van der Waals surface area (Å²) in [6.45, 7) is 0.338. The molecule has 16 heavy (non-hydrogen) atoms. The minimum absolute atomic E-state index is 0.0122. The molecule has 0 fully saturated rings. The summed E-state index contributed by atoms with van der Waals surface area (Å²) in [5.74, 6) is -0.418. The number of amides is 2. The SMILES string of the molecule is NC(=O)CCN1C(=O)Cc2cc(N)ccc21. The van der Waals surface area contributed by atoms with Crippen LogP contribution in [-0.4, -0.2) is 18.4 Å². The topological polar surface area (TPSA) is 89.4 Å². The van der Waals surface area contributed by atoms with Gasteiger partial charge in [0.15, 0.2) is 0 Å². The molecule has 1 aliphatic rings. The molecule has 2 rings (SSSR count). The van der Waals surface area contributed by atoms with Gasteiger partial charge in [0, 0.05) is 24.3 Å². The number of nitrogen functional groups attached to an aromatic ring is 1. The van der Waals surface area contributed by atoms with Crippen LogP contribution in [0.5, 0.6) is 0 Å². The van der Waals surface area contributed by atoms with Gasteiger partial charge in [-0.15, -0.1) is 0 Å². The van der Waals surface area contributed by atoms with Gasteiger partial charge >= 0.3 is 0 Å². The number of anilines is 2. The molecule has 1 aliphatic heterocycles. The van der Waals surface area contributed by atoms with E-state index in [9.17, 15) is 9.59 Å². The summed E-state index contributed by atoms with van der Waals surface area (Å²) in [5.41, 5.74) is 13.1. The molecule has 0 bridgehead atoms. The van der Waals surface area contributed by atoms with Crippen LogP contribution in [0, 0.1) is 0 Å². The minimum atomic E-state index is -0.406. The standard InChI is InChI=1S/C11H13N3O2/c12-8-1-2-9-7(5-8)6-11(16)14(9)4-3-10(13)15/h1-2,5H,3-4,6,12H2,(H2,13,15). The van der Waals surface area contributed by atoms with Crippen LogP contribution in [0.1, 0.15) is 12.0 Å². The molecule has 0 saturated heterocycles. The van der Waals surface area contributed by atoms with Crippen LogP contribution in [0.4, 0.5) is 11.4 Å². The second-order valence-electron chi connectivity index (χ2n) is 3.83. The number of fused-ring (bicyclic) bond motifs is 1. The first-order valence-corrected chi connectivity index (χ1v) is 5.05. The van der Waals surface area contributed by atoms with Crippen LogP contribution in [-0.2, 0) is 16.0 Å². The van der Waals surface area contributed by atoms with Gasteiger partial charge < -0.3 is 16.4 Å². The van der Waals surface area contributed by atoms with Crippen molar-refractivity contribution in [2.75, 3.05) is 17.2 Å². The van der Waals surface area contributed by atoms with E-state index in [1.165, 1.54) is 0 Å². The highest BCUT2D eigenvalue weighted by molar-refractivity contribution is 6.02. The maximum atomic E-state index is 11.7. The summed E-state index contributed by atoms with van der Waals surface area (Å²) in [4.78, 5) is 24.0. The average Bonchev–Trinajstić information content (AvgIpc) is 2.50. The first-order chi connectivity index (χ1) is 7.58. The van der Waals surface area contributed by atoms with Crippen molar-refractivity contribution in [3.63, 3.8) is 0 Å². The summed E-state index contributed by atoms with van der Waals surface area (Å²) in [6, 6.07) is 5.34. The number of carbonyl (C=O) groups is 2. The Hall–Kier alpha value is -2.04. The first-order valence-electron chi connectivity index (χ1n) is 5.05. The zero-order valence-electron chi connectivity index (χ0n) is 8.77. The normalized spacial score (nSPS) is 14.0. The van der Waals surface area contributed by atoms with Crippen LogP contribution < -0.4 is 16.4 Å². The van der Waals surface area contributed by atoms with Gasteiger partial charge in [0.25, 0.3) is 0 Å². The molecule has 0 spiro atoms. The molecule has 1 aromatic rings. The zero-order chi connectivity index (χ0) is 11.7. The average molecular weight is 219 g/mol. The minimum Gasteiger partial charge on any atom is -0.399 e. The van der Waals surface area contributed by atoms with Gasteiger partial charge in [0.2, 0.25) is 11.8 Å². The molecule has 0 saturated carbocycles. The van der Waals surface area contributed by atoms with Gasteiger partial charge in [0.1, 0.15) is 0 Å². The smallest absolute Gasteiger partial charge is 0.231 e. The molecule has 0 unspecified atom stereocenters. The van der Waals surface area contributed by atoms with Crippen molar-refractivity contribution in [1.82, 2.24) is 0 Å². The Labute approximate surface area is 93.0 Å². The van der Waals surface area contributed by atoms with Gasteiger partial charge in [0.05, 0.1) is 6.42 Å². The highest BCUT2D eigenvalue weighted by atomic mass is 16.2. The van der Waals surface area contributed by atoms with Crippen molar-refractivity contribution in [3.05, 3.63) is 23.8 Å². The molecule has 4 N–H and O–H groups in total. The number of hydrogen-bond donors (Lipinski definition) is 2. The number of nitrogens with zero attached hydrogens (tertiary/aromatic N) is 1. The molecule has 2 amide bonds. The number of hydrogen-bond acceptors (Lipinski definition) is 3. The van der Waals surface area contributed by atoms with E-state index in [0.717, 1.165) is 11.3 Å². The maximum Gasteiger partial charge on any atom is 0.231 e. The third-order valence-electron chi connectivity index (χ3n) is 2.62. The van der Waals surface area contributed by atoms with Gasteiger partial charge in [-0.3, -0.25) is 9.59 Å². The highest BCUT2D eigenvalue weighted by Gasteiger charge is 2.26. The van der Waals surface area contributed by atoms with E-state index in [0.29, 0.717) is 18.7 Å². The van der Waals surface area contributed by atoms with E-state index in [1.54, 1.807) is 23.1 Å². The Morgan fingerprint density at radius 3 is 2.88 bits per heavy atom. The molecular formula is C11H13N3O2. The maximum absolute atomic E-state index is 11.7. The van der Waals surface area contributed by atoms with Crippen molar-refractivity contribution < 1.29 is 9.59 Å². The fourth-order valence-electron chi connectivity index (χ4n) is 1.87. The molecule has 84 valence electrons. The lowest BCUT2D eigenvalue weighted by atomic mass is 10.1. The molecule has 0 atom stereocenters. The van der Waals surface area contributed by atoms with Crippen molar-refractivity contribution >= 4 is 23.2 Å². The van der Waals surface area contributed by atoms with E-state index in [1.807, 2.05) is 0 Å². The Morgan fingerprint density at radius 2 is 2.19 bits per heavy atom. The number of carbonyl (C=O) groups excluding carboxylic acids is 2.